The van der Waals surface area contributed by atoms with E-state index in [9.17, 15) is 5.11 Å². The Morgan fingerprint density at radius 1 is 1.06 bits per heavy atom. The molecule has 3 heteroatoms. The Labute approximate surface area is 107 Å². The lowest BCUT2D eigenvalue weighted by Gasteiger charge is -2.24. The predicted molar refractivity (Wildman–Crippen MR) is 70.8 cm³/mol. The van der Waals surface area contributed by atoms with E-state index >= 15 is 0 Å². The molecule has 0 spiro atoms. The molecule has 0 amide bonds. The summed E-state index contributed by atoms with van der Waals surface area (Å²) in [7, 11) is 0. The van der Waals surface area contributed by atoms with Gasteiger partial charge in [0.2, 0.25) is 0 Å². The van der Waals surface area contributed by atoms with Crippen LogP contribution in [0.5, 0.6) is 5.75 Å². The zero-order valence-corrected chi connectivity index (χ0v) is 10.4. The standard InChI is InChI=1S/C15H17NO2/c17-15-6-5-12-3-1-2-4-13(12)14(15)11-16-7-9-18-10-8-16/h1-6,17H,7-11H2/p+1. The number of phenols is 1. The molecule has 0 atom stereocenters. The molecule has 1 aliphatic heterocycles. The van der Waals surface area contributed by atoms with Crippen molar-refractivity contribution in [1.29, 1.82) is 0 Å². The van der Waals surface area contributed by atoms with E-state index in [0.29, 0.717) is 5.75 Å². The molecule has 2 aromatic carbocycles. The van der Waals surface area contributed by atoms with Gasteiger partial charge in [-0.25, -0.2) is 0 Å². The van der Waals surface area contributed by atoms with Gasteiger partial charge in [-0.1, -0.05) is 30.3 Å². The SMILES string of the molecule is Oc1ccc2ccccc2c1C[NH+]1CCOCC1. The van der Waals surface area contributed by atoms with Gasteiger partial charge in [0.15, 0.2) is 0 Å². The third-order valence-electron chi connectivity index (χ3n) is 3.64. The molecular weight excluding hydrogens is 226 g/mol. The van der Waals surface area contributed by atoms with Gasteiger partial charge in [0, 0.05) is 0 Å². The molecule has 0 aromatic heterocycles. The molecule has 0 aliphatic carbocycles. The maximum atomic E-state index is 10.1. The molecular formula is C15H18NO2+. The van der Waals surface area contributed by atoms with Gasteiger partial charge in [0.05, 0.1) is 18.8 Å². The quantitative estimate of drug-likeness (QED) is 0.825. The lowest BCUT2D eigenvalue weighted by atomic mass is 10.0. The summed E-state index contributed by atoms with van der Waals surface area (Å²) in [6, 6.07) is 12.0. The highest BCUT2D eigenvalue weighted by Gasteiger charge is 2.17. The highest BCUT2D eigenvalue weighted by Crippen LogP contribution is 2.26. The van der Waals surface area contributed by atoms with Gasteiger partial charge in [0.1, 0.15) is 25.4 Å². The Hall–Kier alpha value is -1.58. The summed E-state index contributed by atoms with van der Waals surface area (Å²) in [6.45, 7) is 4.55. The number of rotatable bonds is 2. The van der Waals surface area contributed by atoms with Gasteiger partial charge in [-0.2, -0.15) is 0 Å². The van der Waals surface area contributed by atoms with Crippen molar-refractivity contribution in [3.63, 3.8) is 0 Å². The average molecular weight is 244 g/mol. The van der Waals surface area contributed by atoms with Gasteiger partial charge in [-0.3, -0.25) is 0 Å². The van der Waals surface area contributed by atoms with Crippen LogP contribution in [0.4, 0.5) is 0 Å². The number of fused-ring (bicyclic) bond motifs is 1. The molecule has 1 saturated heterocycles. The molecule has 2 aromatic rings. The molecule has 18 heavy (non-hydrogen) atoms. The second kappa shape index (κ2) is 4.96. The number of quaternary nitrogens is 1. The zero-order chi connectivity index (χ0) is 12.4. The lowest BCUT2D eigenvalue weighted by Crippen LogP contribution is -3.12. The topological polar surface area (TPSA) is 33.9 Å². The maximum Gasteiger partial charge on any atom is 0.125 e. The van der Waals surface area contributed by atoms with Gasteiger partial charge < -0.3 is 14.7 Å². The van der Waals surface area contributed by atoms with Crippen LogP contribution in [-0.2, 0) is 11.3 Å². The highest BCUT2D eigenvalue weighted by molar-refractivity contribution is 5.87. The lowest BCUT2D eigenvalue weighted by molar-refractivity contribution is -0.921. The molecule has 94 valence electrons. The van der Waals surface area contributed by atoms with Crippen LogP contribution in [0.25, 0.3) is 10.8 Å². The third kappa shape index (κ3) is 2.19. The molecule has 0 radical (unpaired) electrons. The third-order valence-corrected chi connectivity index (χ3v) is 3.64. The fourth-order valence-corrected chi connectivity index (χ4v) is 2.60. The zero-order valence-electron chi connectivity index (χ0n) is 10.4. The van der Waals surface area contributed by atoms with E-state index in [-0.39, 0.29) is 0 Å². The van der Waals surface area contributed by atoms with E-state index in [2.05, 4.69) is 12.1 Å². The molecule has 3 nitrogen and oxygen atoms in total. The van der Waals surface area contributed by atoms with E-state index in [1.54, 1.807) is 6.07 Å². The first kappa shape index (κ1) is 11.5. The van der Waals surface area contributed by atoms with E-state index in [4.69, 9.17) is 4.74 Å². The van der Waals surface area contributed by atoms with Gasteiger partial charge >= 0.3 is 0 Å². The summed E-state index contributed by atoms with van der Waals surface area (Å²) in [5.74, 6) is 0.410. The minimum absolute atomic E-state index is 0.410. The molecule has 0 unspecified atom stereocenters. The Balaban J connectivity index is 1.96. The summed E-state index contributed by atoms with van der Waals surface area (Å²) in [5, 5.41) is 12.5. The second-order valence-corrected chi connectivity index (χ2v) is 4.82. The van der Waals surface area contributed by atoms with Crippen LogP contribution in [0.15, 0.2) is 36.4 Å². The predicted octanol–water partition coefficient (Wildman–Crippen LogP) is 0.960. The fourth-order valence-electron chi connectivity index (χ4n) is 2.60. The number of phenolic OH excluding ortho intramolecular Hbond substituents is 1. The number of aromatic hydroxyl groups is 1. The molecule has 0 saturated carbocycles. The summed E-state index contributed by atoms with van der Waals surface area (Å²) in [6.07, 6.45) is 0. The van der Waals surface area contributed by atoms with Crippen molar-refractivity contribution in [1.82, 2.24) is 0 Å². The molecule has 1 fully saturated rings. The Bertz CT molecular complexity index is 547. The number of hydrogen-bond acceptors (Lipinski definition) is 2. The van der Waals surface area contributed by atoms with Gasteiger partial charge in [-0.05, 0) is 16.8 Å². The van der Waals surface area contributed by atoms with Gasteiger partial charge in [-0.15, -0.1) is 0 Å². The van der Waals surface area contributed by atoms with Crippen molar-refractivity contribution >= 4 is 10.8 Å². The molecule has 2 N–H and O–H groups in total. The van der Waals surface area contributed by atoms with Crippen LogP contribution < -0.4 is 4.90 Å². The van der Waals surface area contributed by atoms with Crippen molar-refractivity contribution < 1.29 is 14.7 Å². The molecule has 0 bridgehead atoms. The van der Waals surface area contributed by atoms with Crippen LogP contribution in [0.2, 0.25) is 0 Å². The van der Waals surface area contributed by atoms with Crippen LogP contribution in [-0.4, -0.2) is 31.4 Å². The fraction of sp³-hybridized carbons (Fsp3) is 0.333. The first-order chi connectivity index (χ1) is 8.84. The minimum Gasteiger partial charge on any atom is -0.507 e. The first-order valence-electron chi connectivity index (χ1n) is 6.45. The monoisotopic (exact) mass is 244 g/mol. The largest absolute Gasteiger partial charge is 0.507 e. The first-order valence-corrected chi connectivity index (χ1v) is 6.45. The second-order valence-electron chi connectivity index (χ2n) is 4.82. The van der Waals surface area contributed by atoms with E-state index in [1.807, 2.05) is 18.2 Å². The number of morpholine rings is 1. The van der Waals surface area contributed by atoms with Crippen molar-refractivity contribution in [3.05, 3.63) is 42.0 Å². The van der Waals surface area contributed by atoms with Crippen LogP contribution in [0, 0.1) is 0 Å². The Morgan fingerprint density at radius 3 is 2.67 bits per heavy atom. The van der Waals surface area contributed by atoms with Gasteiger partial charge in [0.25, 0.3) is 0 Å². The van der Waals surface area contributed by atoms with E-state index in [1.165, 1.54) is 10.3 Å². The van der Waals surface area contributed by atoms with Crippen LogP contribution in [0.1, 0.15) is 5.56 Å². The summed E-state index contributed by atoms with van der Waals surface area (Å²) in [4.78, 5) is 1.48. The van der Waals surface area contributed by atoms with E-state index in [0.717, 1.165) is 43.8 Å². The summed E-state index contributed by atoms with van der Waals surface area (Å²) < 4.78 is 5.37. The Kier molecular flexibility index (Phi) is 3.17. The van der Waals surface area contributed by atoms with Crippen molar-refractivity contribution in [2.24, 2.45) is 0 Å². The van der Waals surface area contributed by atoms with E-state index < -0.39 is 0 Å². The number of nitrogens with one attached hydrogen (secondary N) is 1. The maximum absolute atomic E-state index is 10.1. The molecule has 3 rings (SSSR count). The molecule has 1 aliphatic rings. The number of benzene rings is 2. The summed E-state index contributed by atoms with van der Waals surface area (Å²) >= 11 is 0. The van der Waals surface area contributed by atoms with Crippen LogP contribution >= 0.6 is 0 Å². The van der Waals surface area contributed by atoms with Crippen molar-refractivity contribution in [3.8, 4) is 5.75 Å². The number of ether oxygens (including phenoxy) is 1. The number of hydrogen-bond donors (Lipinski definition) is 2. The van der Waals surface area contributed by atoms with Crippen molar-refractivity contribution in [2.75, 3.05) is 26.3 Å². The smallest absolute Gasteiger partial charge is 0.125 e. The minimum atomic E-state index is 0.410. The van der Waals surface area contributed by atoms with Crippen LogP contribution in [0.3, 0.4) is 0 Å². The average Bonchev–Trinajstić information content (AvgIpc) is 2.43. The van der Waals surface area contributed by atoms with Crippen molar-refractivity contribution in [2.45, 2.75) is 6.54 Å². The normalized spacial score (nSPS) is 17.1. The summed E-state index contributed by atoms with van der Waals surface area (Å²) in [5.41, 5.74) is 1.06. The molecule has 1 heterocycles. The Morgan fingerprint density at radius 2 is 1.83 bits per heavy atom. The highest BCUT2D eigenvalue weighted by atomic mass is 16.5.